The van der Waals surface area contributed by atoms with Gasteiger partial charge in [0.2, 0.25) is 5.91 Å². The average molecular weight is 291 g/mol. The van der Waals surface area contributed by atoms with Gasteiger partial charge in [-0.15, -0.1) is 0 Å². The highest BCUT2D eigenvalue weighted by Gasteiger charge is 2.36. The van der Waals surface area contributed by atoms with Crippen molar-refractivity contribution >= 4 is 17.8 Å². The summed E-state index contributed by atoms with van der Waals surface area (Å²) in [6.45, 7) is 5.97. The van der Waals surface area contributed by atoms with Crippen LogP contribution in [0.5, 0.6) is 0 Å². The van der Waals surface area contributed by atoms with Gasteiger partial charge in [0.1, 0.15) is 17.5 Å². The van der Waals surface area contributed by atoms with E-state index < -0.39 is 17.7 Å². The first-order valence-corrected chi connectivity index (χ1v) is 7.08. The van der Waals surface area contributed by atoms with E-state index in [-0.39, 0.29) is 5.91 Å². The van der Waals surface area contributed by atoms with Crippen LogP contribution in [-0.2, 0) is 9.53 Å². The first-order valence-electron chi connectivity index (χ1n) is 7.08. The minimum atomic E-state index is -0.568. The number of anilines is 1. The van der Waals surface area contributed by atoms with Crippen molar-refractivity contribution in [3.63, 3.8) is 0 Å². The molecule has 0 aromatic carbocycles. The number of amides is 2. The highest BCUT2D eigenvalue weighted by atomic mass is 16.6. The predicted molar refractivity (Wildman–Crippen MR) is 78.8 cm³/mol. The summed E-state index contributed by atoms with van der Waals surface area (Å²) in [6, 6.07) is 4.79. The van der Waals surface area contributed by atoms with Crippen LogP contribution in [0.25, 0.3) is 0 Å². The standard InChI is InChI=1S/C15H21N3O3/c1-15(2,3)21-14(20)18-10-6-7-11(18)13(19)17-12-8-4-5-9-16-12/h4-5,8-9,11H,6-7,10H2,1-3H3,(H,16,17,19)/t11-/m0/s1. The molecule has 1 aromatic heterocycles. The van der Waals surface area contributed by atoms with E-state index in [0.717, 1.165) is 6.42 Å². The van der Waals surface area contributed by atoms with Crippen molar-refractivity contribution in [3.8, 4) is 0 Å². The van der Waals surface area contributed by atoms with Gasteiger partial charge in [-0.25, -0.2) is 9.78 Å². The summed E-state index contributed by atoms with van der Waals surface area (Å²) in [7, 11) is 0. The Morgan fingerprint density at radius 3 is 2.76 bits per heavy atom. The number of hydrogen-bond donors (Lipinski definition) is 1. The normalized spacial score (nSPS) is 18.4. The topological polar surface area (TPSA) is 71.5 Å². The van der Waals surface area contributed by atoms with Gasteiger partial charge in [-0.2, -0.15) is 0 Å². The number of rotatable bonds is 2. The summed E-state index contributed by atoms with van der Waals surface area (Å²) in [5, 5.41) is 2.73. The molecule has 1 fully saturated rings. The van der Waals surface area contributed by atoms with Gasteiger partial charge in [-0.3, -0.25) is 9.69 Å². The Bertz CT molecular complexity index is 511. The molecule has 0 radical (unpaired) electrons. The molecule has 0 saturated carbocycles. The Hall–Kier alpha value is -2.11. The van der Waals surface area contributed by atoms with Gasteiger partial charge in [0, 0.05) is 12.7 Å². The second-order valence-electron chi connectivity index (χ2n) is 6.04. The van der Waals surface area contributed by atoms with Gasteiger partial charge < -0.3 is 10.1 Å². The predicted octanol–water partition coefficient (Wildman–Crippen LogP) is 2.42. The number of pyridine rings is 1. The van der Waals surface area contributed by atoms with Crippen LogP contribution < -0.4 is 5.32 Å². The van der Waals surface area contributed by atoms with Gasteiger partial charge in [-0.05, 0) is 45.7 Å². The molecule has 21 heavy (non-hydrogen) atoms. The summed E-state index contributed by atoms with van der Waals surface area (Å²) in [5.74, 6) is 0.260. The maximum absolute atomic E-state index is 12.3. The Kier molecular flexibility index (Phi) is 4.45. The zero-order valence-corrected chi connectivity index (χ0v) is 12.6. The zero-order chi connectivity index (χ0) is 15.5. The van der Waals surface area contributed by atoms with Crippen LogP contribution in [0.4, 0.5) is 10.6 Å². The fourth-order valence-corrected chi connectivity index (χ4v) is 2.22. The molecular formula is C15H21N3O3. The lowest BCUT2D eigenvalue weighted by atomic mass is 10.2. The molecule has 114 valence electrons. The fourth-order valence-electron chi connectivity index (χ4n) is 2.22. The number of aromatic nitrogens is 1. The highest BCUT2D eigenvalue weighted by Crippen LogP contribution is 2.21. The van der Waals surface area contributed by atoms with E-state index in [2.05, 4.69) is 10.3 Å². The van der Waals surface area contributed by atoms with Crippen LogP contribution in [-0.4, -0.2) is 40.1 Å². The molecule has 1 aliphatic rings. The van der Waals surface area contributed by atoms with Crippen molar-refractivity contribution in [1.82, 2.24) is 9.88 Å². The largest absolute Gasteiger partial charge is 0.444 e. The van der Waals surface area contributed by atoms with Crippen LogP contribution in [0.1, 0.15) is 33.6 Å². The number of nitrogens with one attached hydrogen (secondary N) is 1. The summed E-state index contributed by atoms with van der Waals surface area (Å²) >= 11 is 0. The molecule has 1 saturated heterocycles. The van der Waals surface area contributed by atoms with Crippen LogP contribution in [0.15, 0.2) is 24.4 Å². The lowest BCUT2D eigenvalue weighted by Crippen LogP contribution is -2.45. The lowest BCUT2D eigenvalue weighted by molar-refractivity contribution is -0.120. The number of carbonyl (C=O) groups excluding carboxylic acids is 2. The maximum Gasteiger partial charge on any atom is 0.410 e. The van der Waals surface area contributed by atoms with E-state index >= 15 is 0 Å². The first kappa shape index (κ1) is 15.3. The van der Waals surface area contributed by atoms with Crippen molar-refractivity contribution in [2.75, 3.05) is 11.9 Å². The lowest BCUT2D eigenvalue weighted by Gasteiger charge is -2.27. The van der Waals surface area contributed by atoms with Gasteiger partial charge in [0.05, 0.1) is 0 Å². The molecular weight excluding hydrogens is 270 g/mol. The monoisotopic (exact) mass is 291 g/mol. The molecule has 2 amide bonds. The second kappa shape index (κ2) is 6.11. The molecule has 1 aliphatic heterocycles. The molecule has 0 spiro atoms. The van der Waals surface area contributed by atoms with Crippen molar-refractivity contribution in [3.05, 3.63) is 24.4 Å². The molecule has 1 N–H and O–H groups in total. The van der Waals surface area contributed by atoms with Crippen molar-refractivity contribution in [1.29, 1.82) is 0 Å². The summed E-state index contributed by atoms with van der Waals surface area (Å²) in [6.07, 6.45) is 2.59. The Morgan fingerprint density at radius 1 is 1.38 bits per heavy atom. The van der Waals surface area contributed by atoms with E-state index in [1.54, 1.807) is 24.4 Å². The quantitative estimate of drug-likeness (QED) is 0.908. The Balaban J connectivity index is 2.01. The SMILES string of the molecule is CC(C)(C)OC(=O)N1CCC[C@H]1C(=O)Nc1ccccn1. The van der Waals surface area contributed by atoms with Gasteiger partial charge in [-0.1, -0.05) is 6.07 Å². The van der Waals surface area contributed by atoms with E-state index in [1.165, 1.54) is 4.90 Å². The smallest absolute Gasteiger partial charge is 0.410 e. The Labute approximate surface area is 124 Å². The molecule has 6 nitrogen and oxygen atoms in total. The molecule has 6 heteroatoms. The summed E-state index contributed by atoms with van der Waals surface area (Å²) < 4.78 is 5.34. The third-order valence-corrected chi connectivity index (χ3v) is 3.10. The van der Waals surface area contributed by atoms with Crippen LogP contribution in [0.2, 0.25) is 0 Å². The number of ether oxygens (including phenoxy) is 1. The highest BCUT2D eigenvalue weighted by molar-refractivity contribution is 5.96. The van der Waals surface area contributed by atoms with E-state index in [1.807, 2.05) is 20.8 Å². The summed E-state index contributed by atoms with van der Waals surface area (Å²) in [5.41, 5.74) is -0.568. The summed E-state index contributed by atoms with van der Waals surface area (Å²) in [4.78, 5) is 30.0. The van der Waals surface area contributed by atoms with Gasteiger partial charge >= 0.3 is 6.09 Å². The van der Waals surface area contributed by atoms with E-state index in [4.69, 9.17) is 4.74 Å². The number of nitrogens with zero attached hydrogens (tertiary/aromatic N) is 2. The van der Waals surface area contributed by atoms with Crippen LogP contribution in [0.3, 0.4) is 0 Å². The first-order chi connectivity index (χ1) is 9.87. The number of hydrogen-bond acceptors (Lipinski definition) is 4. The number of carbonyl (C=O) groups is 2. The van der Waals surface area contributed by atoms with Gasteiger partial charge in [0.25, 0.3) is 0 Å². The van der Waals surface area contributed by atoms with Crippen LogP contribution >= 0.6 is 0 Å². The zero-order valence-electron chi connectivity index (χ0n) is 12.6. The van der Waals surface area contributed by atoms with E-state index in [0.29, 0.717) is 18.8 Å². The van der Waals surface area contributed by atoms with E-state index in [9.17, 15) is 9.59 Å². The molecule has 2 rings (SSSR count). The Morgan fingerprint density at radius 2 is 2.14 bits per heavy atom. The average Bonchev–Trinajstić information content (AvgIpc) is 2.87. The number of likely N-dealkylation sites (tertiary alicyclic amines) is 1. The molecule has 0 aliphatic carbocycles. The molecule has 0 unspecified atom stereocenters. The molecule has 0 bridgehead atoms. The van der Waals surface area contributed by atoms with Crippen molar-refractivity contribution < 1.29 is 14.3 Å². The molecule has 1 aromatic rings. The fraction of sp³-hybridized carbons (Fsp3) is 0.533. The molecule has 1 atom stereocenters. The van der Waals surface area contributed by atoms with Crippen molar-refractivity contribution in [2.45, 2.75) is 45.3 Å². The third kappa shape index (κ3) is 4.18. The second-order valence-corrected chi connectivity index (χ2v) is 6.04. The minimum absolute atomic E-state index is 0.225. The van der Waals surface area contributed by atoms with Crippen LogP contribution in [0, 0.1) is 0 Å². The molecule has 2 heterocycles. The maximum atomic E-state index is 12.3. The van der Waals surface area contributed by atoms with Gasteiger partial charge in [0.15, 0.2) is 0 Å². The van der Waals surface area contributed by atoms with Crippen molar-refractivity contribution in [2.24, 2.45) is 0 Å². The minimum Gasteiger partial charge on any atom is -0.444 e. The third-order valence-electron chi connectivity index (χ3n) is 3.10.